The molecule has 4 nitrogen and oxygen atoms in total. The highest BCUT2D eigenvalue weighted by molar-refractivity contribution is 5.55. The summed E-state index contributed by atoms with van der Waals surface area (Å²) < 4.78 is 0.0505. The summed E-state index contributed by atoms with van der Waals surface area (Å²) in [4.78, 5) is 11.3. The smallest absolute Gasteiger partial charge is 0.257 e. The first kappa shape index (κ1) is 11.5. The van der Waals surface area contributed by atoms with Crippen LogP contribution in [0.2, 0.25) is 0 Å². The van der Waals surface area contributed by atoms with E-state index < -0.39 is 6.09 Å². The van der Waals surface area contributed by atoms with E-state index in [4.69, 9.17) is 5.73 Å². The molecule has 2 N–H and O–H groups in total. The molecule has 0 saturated carbocycles. The Morgan fingerprint density at radius 3 is 2.36 bits per heavy atom. The van der Waals surface area contributed by atoms with Crippen LogP contribution in [-0.4, -0.2) is 35.7 Å². The van der Waals surface area contributed by atoms with Gasteiger partial charge in [0.2, 0.25) is 0 Å². The summed E-state index contributed by atoms with van der Waals surface area (Å²) in [5.74, 6) is 0.326. The Labute approximate surface area is 85.3 Å². The quantitative estimate of drug-likeness (QED) is 0.602. The average Bonchev–Trinajstić information content (AvgIpc) is 2.47. The van der Waals surface area contributed by atoms with Gasteiger partial charge in [0, 0.05) is 18.9 Å². The van der Waals surface area contributed by atoms with Crippen LogP contribution in [0.3, 0.4) is 0 Å². The van der Waals surface area contributed by atoms with Gasteiger partial charge in [-0.15, -0.1) is 0 Å². The maximum absolute atomic E-state index is 11.3. The first-order valence-corrected chi connectivity index (χ1v) is 5.12. The first-order valence-electron chi connectivity index (χ1n) is 5.12. The molecule has 1 heterocycles. The van der Waals surface area contributed by atoms with Crippen LogP contribution in [0.15, 0.2) is 0 Å². The van der Waals surface area contributed by atoms with Crippen molar-refractivity contribution in [3.63, 3.8) is 0 Å². The van der Waals surface area contributed by atoms with Gasteiger partial charge in [0.15, 0.2) is 0 Å². The SMILES string of the molecule is CC(C)(C)[N+]1(C(=O)[O-])CC[C@@H](CN)C1. The molecule has 82 valence electrons. The zero-order chi connectivity index (χ0) is 11.0. The number of hydrogen-bond donors (Lipinski definition) is 1. The largest absolute Gasteiger partial charge is 0.498 e. The van der Waals surface area contributed by atoms with E-state index in [0.29, 0.717) is 25.6 Å². The molecule has 1 fully saturated rings. The van der Waals surface area contributed by atoms with Gasteiger partial charge in [-0.2, -0.15) is 0 Å². The molecule has 0 aliphatic carbocycles. The molecule has 0 radical (unpaired) electrons. The number of hydrogen-bond acceptors (Lipinski definition) is 3. The number of carboxylic acid groups (broad SMARTS) is 1. The molecule has 1 aliphatic rings. The van der Waals surface area contributed by atoms with Crippen molar-refractivity contribution in [2.24, 2.45) is 11.7 Å². The van der Waals surface area contributed by atoms with Crippen molar-refractivity contribution in [3.8, 4) is 0 Å². The summed E-state index contributed by atoms with van der Waals surface area (Å²) >= 11 is 0. The van der Waals surface area contributed by atoms with Crippen LogP contribution in [0.25, 0.3) is 0 Å². The zero-order valence-electron chi connectivity index (χ0n) is 9.25. The minimum absolute atomic E-state index is 0.0505. The Balaban J connectivity index is 2.92. The summed E-state index contributed by atoms with van der Waals surface area (Å²) in [5.41, 5.74) is 5.27. The molecule has 0 spiro atoms. The summed E-state index contributed by atoms with van der Waals surface area (Å²) in [5, 5.41) is 11.3. The minimum atomic E-state index is -0.964. The number of rotatable bonds is 1. The third-order valence-electron chi connectivity index (χ3n) is 3.46. The molecule has 1 rings (SSSR count). The van der Waals surface area contributed by atoms with Crippen LogP contribution in [0.5, 0.6) is 0 Å². The summed E-state index contributed by atoms with van der Waals surface area (Å²) in [6.45, 7) is 7.67. The zero-order valence-corrected chi connectivity index (χ0v) is 9.25. The Morgan fingerprint density at radius 1 is 1.57 bits per heavy atom. The lowest BCUT2D eigenvalue weighted by molar-refractivity contribution is -0.910. The van der Waals surface area contributed by atoms with Crippen LogP contribution < -0.4 is 10.8 Å². The van der Waals surface area contributed by atoms with Crippen molar-refractivity contribution in [1.29, 1.82) is 0 Å². The highest BCUT2D eigenvalue weighted by Crippen LogP contribution is 2.33. The first-order chi connectivity index (χ1) is 6.33. The summed E-state index contributed by atoms with van der Waals surface area (Å²) in [6.07, 6.45) is -0.0738. The Hall–Kier alpha value is -0.610. The fraction of sp³-hybridized carbons (Fsp3) is 0.900. The molecular weight excluding hydrogens is 180 g/mol. The van der Waals surface area contributed by atoms with Crippen LogP contribution in [0, 0.1) is 5.92 Å². The fourth-order valence-corrected chi connectivity index (χ4v) is 2.27. The van der Waals surface area contributed by atoms with Crippen LogP contribution in [0.4, 0.5) is 4.79 Å². The van der Waals surface area contributed by atoms with Crippen LogP contribution in [0.1, 0.15) is 27.2 Å². The Morgan fingerprint density at radius 2 is 2.14 bits per heavy atom. The third-order valence-corrected chi connectivity index (χ3v) is 3.46. The molecule has 4 heteroatoms. The number of likely N-dealkylation sites (tertiary alicyclic amines) is 1. The lowest BCUT2D eigenvalue weighted by Gasteiger charge is -2.45. The third kappa shape index (κ3) is 1.64. The molecule has 14 heavy (non-hydrogen) atoms. The van der Waals surface area contributed by atoms with Crippen molar-refractivity contribution >= 4 is 6.09 Å². The normalized spacial score (nSPS) is 33.3. The van der Waals surface area contributed by atoms with E-state index in [1.807, 2.05) is 20.8 Å². The molecule has 0 aromatic rings. The van der Waals surface area contributed by atoms with E-state index in [1.54, 1.807) is 0 Å². The highest BCUT2D eigenvalue weighted by atomic mass is 16.4. The van der Waals surface area contributed by atoms with Gasteiger partial charge < -0.3 is 15.6 Å². The van der Waals surface area contributed by atoms with Gasteiger partial charge in [-0.05, 0) is 20.8 Å². The Kier molecular flexibility index (Phi) is 2.88. The second-order valence-corrected chi connectivity index (χ2v) is 5.20. The number of nitrogens with zero attached hydrogens (tertiary/aromatic N) is 1. The number of quaternary nitrogens is 1. The van der Waals surface area contributed by atoms with Crippen molar-refractivity contribution in [2.45, 2.75) is 32.7 Å². The molecular formula is C10H20N2O2. The number of nitrogens with two attached hydrogens (primary N) is 1. The van der Waals surface area contributed by atoms with Gasteiger partial charge in [0.05, 0.1) is 18.6 Å². The standard InChI is InChI=1S/C10H20N2O2/c1-10(2,3)12(9(13)14)5-4-8(6-11)7-12/h8H,4-7,11H2,1-3H3/t8-,12?/m0/s1. The van der Waals surface area contributed by atoms with Crippen molar-refractivity contribution in [1.82, 2.24) is 0 Å². The van der Waals surface area contributed by atoms with Gasteiger partial charge in [-0.25, -0.2) is 0 Å². The van der Waals surface area contributed by atoms with Crippen molar-refractivity contribution in [3.05, 3.63) is 0 Å². The Bertz CT molecular complexity index is 235. The number of carbonyl (C=O) groups is 1. The molecule has 2 atom stereocenters. The van der Waals surface area contributed by atoms with E-state index >= 15 is 0 Å². The van der Waals surface area contributed by atoms with E-state index in [1.165, 1.54) is 0 Å². The maximum atomic E-state index is 11.3. The van der Waals surface area contributed by atoms with E-state index in [2.05, 4.69) is 0 Å². The highest BCUT2D eigenvalue weighted by Gasteiger charge is 2.48. The second kappa shape index (κ2) is 3.51. The molecule has 1 unspecified atom stereocenters. The van der Waals surface area contributed by atoms with E-state index in [9.17, 15) is 9.90 Å². The average molecular weight is 200 g/mol. The van der Waals surface area contributed by atoms with Gasteiger partial charge in [-0.3, -0.25) is 4.48 Å². The van der Waals surface area contributed by atoms with Crippen molar-refractivity contribution < 1.29 is 14.4 Å². The van der Waals surface area contributed by atoms with Gasteiger partial charge in [0.25, 0.3) is 6.09 Å². The minimum Gasteiger partial charge on any atom is -0.498 e. The summed E-state index contributed by atoms with van der Waals surface area (Å²) in [6, 6.07) is 0. The van der Waals surface area contributed by atoms with Crippen molar-refractivity contribution in [2.75, 3.05) is 19.6 Å². The predicted octanol–water partition coefficient (Wildman–Crippen LogP) is -0.0764. The molecule has 1 saturated heterocycles. The van der Waals surface area contributed by atoms with Gasteiger partial charge in [-0.1, -0.05) is 0 Å². The van der Waals surface area contributed by atoms with E-state index in [-0.39, 0.29) is 10.0 Å². The van der Waals surface area contributed by atoms with Gasteiger partial charge >= 0.3 is 0 Å². The molecule has 0 bridgehead atoms. The molecule has 1 aliphatic heterocycles. The maximum Gasteiger partial charge on any atom is 0.257 e. The lowest BCUT2D eigenvalue weighted by Crippen LogP contribution is -2.66. The number of carbonyl (C=O) groups excluding carboxylic acids is 1. The van der Waals surface area contributed by atoms with Crippen LogP contribution in [-0.2, 0) is 0 Å². The van der Waals surface area contributed by atoms with E-state index in [0.717, 1.165) is 6.42 Å². The topological polar surface area (TPSA) is 66.1 Å². The molecule has 0 aromatic carbocycles. The second-order valence-electron chi connectivity index (χ2n) is 5.20. The lowest BCUT2D eigenvalue weighted by atomic mass is 10.0. The predicted molar refractivity (Wildman–Crippen MR) is 52.3 cm³/mol. The van der Waals surface area contributed by atoms with Gasteiger partial charge in [0.1, 0.15) is 0 Å². The summed E-state index contributed by atoms with van der Waals surface area (Å²) in [7, 11) is 0. The van der Waals surface area contributed by atoms with Crippen LogP contribution >= 0.6 is 0 Å². The fourth-order valence-electron chi connectivity index (χ4n) is 2.27. The monoisotopic (exact) mass is 200 g/mol. The molecule has 0 aromatic heterocycles. The number of amides is 1. The molecule has 1 amide bonds.